The number of amidine groups is 1. The average molecular weight is 325 g/mol. The quantitative estimate of drug-likeness (QED) is 0.777. The van der Waals surface area contributed by atoms with Crippen LogP contribution in [-0.4, -0.2) is 23.9 Å². The molecule has 0 aliphatic carbocycles. The van der Waals surface area contributed by atoms with Gasteiger partial charge in [0.1, 0.15) is 5.84 Å². The summed E-state index contributed by atoms with van der Waals surface area (Å²) in [6, 6.07) is 6.45. The summed E-state index contributed by atoms with van der Waals surface area (Å²) < 4.78 is 1.25. The van der Waals surface area contributed by atoms with Crippen molar-refractivity contribution in [2.45, 2.75) is 6.92 Å². The number of aryl methyl sites for hydroxylation is 1. The summed E-state index contributed by atoms with van der Waals surface area (Å²) in [5, 5.41) is 4.60. The maximum Gasteiger partial charge on any atom is 0.130 e. The second-order valence-electron chi connectivity index (χ2n) is 3.97. The number of halogens is 1. The Balaban J connectivity index is 2.29. The molecule has 1 aromatic carbocycles. The Kier molecular flexibility index (Phi) is 2.38. The van der Waals surface area contributed by atoms with Crippen LogP contribution in [0.5, 0.6) is 0 Å². The molecule has 0 amide bonds. The molecule has 2 aromatic rings. The minimum Gasteiger partial charge on any atom is -0.368 e. The highest BCUT2D eigenvalue weighted by molar-refractivity contribution is 14.1. The number of hydrogen-bond acceptors (Lipinski definition) is 2. The van der Waals surface area contributed by atoms with E-state index in [0.717, 1.165) is 18.9 Å². The molecule has 0 saturated heterocycles. The van der Waals surface area contributed by atoms with Crippen molar-refractivity contribution in [3.8, 4) is 0 Å². The Bertz CT molecular complexity index is 583. The molecular formula is C12H12IN3. The summed E-state index contributed by atoms with van der Waals surface area (Å²) in [7, 11) is 0. The molecule has 16 heavy (non-hydrogen) atoms. The van der Waals surface area contributed by atoms with Crippen LogP contribution in [0.3, 0.4) is 0 Å². The standard InChI is InChI=1S/C12H12IN3/c1-7-11(12-14-4-5-15-12)9-6-8(13)2-3-10(9)16-7/h2-3,6,16H,4-5H2,1H3,(H,14,15). The lowest BCUT2D eigenvalue weighted by atomic mass is 10.1. The fourth-order valence-corrected chi connectivity index (χ4v) is 2.66. The fraction of sp³-hybridized carbons (Fsp3) is 0.250. The van der Waals surface area contributed by atoms with E-state index in [1.54, 1.807) is 0 Å². The van der Waals surface area contributed by atoms with Crippen LogP contribution in [0.4, 0.5) is 0 Å². The molecule has 0 fully saturated rings. The van der Waals surface area contributed by atoms with Crippen molar-refractivity contribution in [3.63, 3.8) is 0 Å². The average Bonchev–Trinajstić information content (AvgIpc) is 2.83. The van der Waals surface area contributed by atoms with Crippen LogP contribution < -0.4 is 5.32 Å². The zero-order chi connectivity index (χ0) is 11.1. The number of nitrogens with zero attached hydrogens (tertiary/aromatic N) is 1. The highest BCUT2D eigenvalue weighted by Gasteiger charge is 2.16. The largest absolute Gasteiger partial charge is 0.368 e. The van der Waals surface area contributed by atoms with Crippen LogP contribution in [0.1, 0.15) is 11.3 Å². The van der Waals surface area contributed by atoms with Gasteiger partial charge in [0.2, 0.25) is 0 Å². The molecule has 1 aliphatic heterocycles. The van der Waals surface area contributed by atoms with Crippen molar-refractivity contribution in [1.82, 2.24) is 10.3 Å². The van der Waals surface area contributed by atoms with Crippen molar-refractivity contribution in [3.05, 3.63) is 33.0 Å². The van der Waals surface area contributed by atoms with E-state index in [1.165, 1.54) is 25.7 Å². The predicted octanol–water partition coefficient (Wildman–Crippen LogP) is 2.43. The van der Waals surface area contributed by atoms with Gasteiger partial charge in [0, 0.05) is 32.3 Å². The summed E-state index contributed by atoms with van der Waals surface area (Å²) in [4.78, 5) is 7.91. The highest BCUT2D eigenvalue weighted by atomic mass is 127. The van der Waals surface area contributed by atoms with Gasteiger partial charge in [0.25, 0.3) is 0 Å². The molecule has 0 spiro atoms. The molecule has 1 aromatic heterocycles. The van der Waals surface area contributed by atoms with Gasteiger partial charge < -0.3 is 10.3 Å². The van der Waals surface area contributed by atoms with Crippen LogP contribution in [-0.2, 0) is 0 Å². The number of nitrogens with one attached hydrogen (secondary N) is 2. The second kappa shape index (κ2) is 3.76. The normalized spacial score (nSPS) is 15.2. The van der Waals surface area contributed by atoms with E-state index >= 15 is 0 Å². The van der Waals surface area contributed by atoms with Gasteiger partial charge in [-0.05, 0) is 47.7 Å². The number of hydrogen-bond donors (Lipinski definition) is 2. The van der Waals surface area contributed by atoms with Gasteiger partial charge in [0.05, 0.1) is 6.54 Å². The summed E-state index contributed by atoms with van der Waals surface area (Å²) in [6.07, 6.45) is 0. The molecule has 0 saturated carbocycles. The molecule has 2 heterocycles. The maximum atomic E-state index is 4.50. The minimum absolute atomic E-state index is 0.880. The number of rotatable bonds is 1. The van der Waals surface area contributed by atoms with Crippen molar-refractivity contribution in [2.75, 3.05) is 13.1 Å². The van der Waals surface area contributed by atoms with Crippen LogP contribution in [0, 0.1) is 10.5 Å². The fourth-order valence-electron chi connectivity index (χ4n) is 2.17. The van der Waals surface area contributed by atoms with Gasteiger partial charge in [-0.1, -0.05) is 0 Å². The lowest BCUT2D eigenvalue weighted by Gasteiger charge is -2.02. The molecule has 82 valence electrons. The van der Waals surface area contributed by atoms with Crippen LogP contribution in [0.2, 0.25) is 0 Å². The van der Waals surface area contributed by atoms with E-state index in [4.69, 9.17) is 0 Å². The molecule has 0 unspecified atom stereocenters. The van der Waals surface area contributed by atoms with Crippen LogP contribution >= 0.6 is 22.6 Å². The van der Waals surface area contributed by atoms with E-state index in [2.05, 4.69) is 63.0 Å². The SMILES string of the molecule is Cc1[nH]c2ccc(I)cc2c1C1=NCCN1. The summed E-state index contributed by atoms with van der Waals surface area (Å²) in [6.45, 7) is 3.93. The van der Waals surface area contributed by atoms with Crippen molar-refractivity contribution >= 4 is 39.3 Å². The Labute approximate surface area is 107 Å². The number of aromatic nitrogens is 1. The number of aromatic amines is 1. The first-order chi connectivity index (χ1) is 7.75. The van der Waals surface area contributed by atoms with Gasteiger partial charge in [-0.2, -0.15) is 0 Å². The molecule has 1 aliphatic rings. The third kappa shape index (κ3) is 1.52. The van der Waals surface area contributed by atoms with Crippen LogP contribution in [0.25, 0.3) is 10.9 Å². The summed E-state index contributed by atoms with van der Waals surface area (Å²) in [5.74, 6) is 1.03. The van der Waals surface area contributed by atoms with Gasteiger partial charge in [-0.3, -0.25) is 4.99 Å². The van der Waals surface area contributed by atoms with Crippen LogP contribution in [0.15, 0.2) is 23.2 Å². The number of aliphatic imine (C=N–C) groups is 1. The minimum atomic E-state index is 0.880. The first-order valence-corrected chi connectivity index (χ1v) is 6.40. The molecule has 3 rings (SSSR count). The molecule has 4 heteroatoms. The van der Waals surface area contributed by atoms with Crippen molar-refractivity contribution in [1.29, 1.82) is 0 Å². The van der Waals surface area contributed by atoms with E-state index in [0.29, 0.717) is 0 Å². The van der Waals surface area contributed by atoms with E-state index < -0.39 is 0 Å². The smallest absolute Gasteiger partial charge is 0.130 e. The van der Waals surface area contributed by atoms with Gasteiger partial charge >= 0.3 is 0 Å². The summed E-state index contributed by atoms with van der Waals surface area (Å²) in [5.41, 5.74) is 3.60. The van der Waals surface area contributed by atoms with Gasteiger partial charge in [0.15, 0.2) is 0 Å². The van der Waals surface area contributed by atoms with Crippen molar-refractivity contribution in [2.24, 2.45) is 4.99 Å². The first-order valence-electron chi connectivity index (χ1n) is 5.32. The zero-order valence-electron chi connectivity index (χ0n) is 8.97. The highest BCUT2D eigenvalue weighted by Crippen LogP contribution is 2.24. The number of H-pyrrole nitrogens is 1. The third-order valence-corrected chi connectivity index (χ3v) is 3.53. The first kappa shape index (κ1) is 10.1. The monoisotopic (exact) mass is 325 g/mol. The van der Waals surface area contributed by atoms with Gasteiger partial charge in [-0.25, -0.2) is 0 Å². The zero-order valence-corrected chi connectivity index (χ0v) is 11.1. The Hall–Kier alpha value is -1.04. The molecule has 2 N–H and O–H groups in total. The molecule has 0 atom stereocenters. The molecule has 3 nitrogen and oxygen atoms in total. The Morgan fingerprint density at radius 2 is 2.25 bits per heavy atom. The topological polar surface area (TPSA) is 40.2 Å². The number of benzene rings is 1. The van der Waals surface area contributed by atoms with Gasteiger partial charge in [-0.15, -0.1) is 0 Å². The Morgan fingerprint density at radius 1 is 1.38 bits per heavy atom. The van der Waals surface area contributed by atoms with Crippen molar-refractivity contribution < 1.29 is 0 Å². The lowest BCUT2D eigenvalue weighted by molar-refractivity contribution is 0.960. The Morgan fingerprint density at radius 3 is 3.00 bits per heavy atom. The molecule has 0 bridgehead atoms. The van der Waals surface area contributed by atoms with E-state index in [-0.39, 0.29) is 0 Å². The second-order valence-corrected chi connectivity index (χ2v) is 5.22. The summed E-state index contributed by atoms with van der Waals surface area (Å²) >= 11 is 2.34. The number of fused-ring (bicyclic) bond motifs is 1. The predicted molar refractivity (Wildman–Crippen MR) is 75.2 cm³/mol. The lowest BCUT2D eigenvalue weighted by Crippen LogP contribution is -2.19. The van der Waals surface area contributed by atoms with E-state index in [1.807, 2.05) is 0 Å². The maximum absolute atomic E-state index is 4.50. The molecule has 0 radical (unpaired) electrons. The molecular weight excluding hydrogens is 313 g/mol. The van der Waals surface area contributed by atoms with E-state index in [9.17, 15) is 0 Å². The third-order valence-electron chi connectivity index (χ3n) is 2.86.